The quantitative estimate of drug-likeness (QED) is 0.639. The van der Waals surface area contributed by atoms with Crippen molar-refractivity contribution >= 4 is 33.2 Å². The van der Waals surface area contributed by atoms with Gasteiger partial charge < -0.3 is 5.32 Å². The average molecular weight is 420 g/mol. The lowest BCUT2D eigenvalue weighted by molar-refractivity contribution is 0.102. The standard InChI is InChI=1S/C18H18ClN5O3S/c1-12(2)23-28(26,27)15-7-8-17(19)16(9-15)18(25)22-13-3-5-14(6-4-13)24-11-20-10-21-24/h3-12,23H,1-2H3,(H,22,25). The summed E-state index contributed by atoms with van der Waals surface area (Å²) in [5.74, 6) is -0.514. The number of nitrogens with one attached hydrogen (secondary N) is 2. The summed E-state index contributed by atoms with van der Waals surface area (Å²) >= 11 is 6.11. The number of rotatable bonds is 6. The first-order chi connectivity index (χ1) is 13.3. The van der Waals surface area contributed by atoms with Gasteiger partial charge in [0.25, 0.3) is 5.91 Å². The molecule has 0 aliphatic carbocycles. The summed E-state index contributed by atoms with van der Waals surface area (Å²) in [6, 6.07) is 10.6. The highest BCUT2D eigenvalue weighted by atomic mass is 35.5. The number of halogens is 1. The van der Waals surface area contributed by atoms with E-state index in [2.05, 4.69) is 20.1 Å². The minimum atomic E-state index is -3.74. The van der Waals surface area contributed by atoms with Gasteiger partial charge in [-0.2, -0.15) is 5.10 Å². The molecule has 0 saturated carbocycles. The Balaban J connectivity index is 1.81. The van der Waals surface area contributed by atoms with Crippen molar-refractivity contribution in [2.24, 2.45) is 0 Å². The van der Waals surface area contributed by atoms with Crippen LogP contribution in [0.15, 0.2) is 60.0 Å². The summed E-state index contributed by atoms with van der Waals surface area (Å²) < 4.78 is 28.7. The lowest BCUT2D eigenvalue weighted by Crippen LogP contribution is -2.30. The van der Waals surface area contributed by atoms with E-state index < -0.39 is 15.9 Å². The molecule has 0 radical (unpaired) electrons. The van der Waals surface area contributed by atoms with Crippen LogP contribution in [0, 0.1) is 0 Å². The van der Waals surface area contributed by atoms with Gasteiger partial charge in [-0.25, -0.2) is 22.8 Å². The largest absolute Gasteiger partial charge is 0.322 e. The maximum Gasteiger partial charge on any atom is 0.257 e. The second-order valence-electron chi connectivity index (χ2n) is 6.26. The lowest BCUT2D eigenvalue weighted by Gasteiger charge is -2.12. The van der Waals surface area contributed by atoms with Crippen molar-refractivity contribution in [2.75, 3.05) is 5.32 Å². The molecule has 10 heteroatoms. The molecule has 3 aromatic rings. The van der Waals surface area contributed by atoms with E-state index in [0.29, 0.717) is 5.69 Å². The highest BCUT2D eigenvalue weighted by Gasteiger charge is 2.19. The summed E-state index contributed by atoms with van der Waals surface area (Å²) in [5, 5.41) is 6.89. The number of nitrogens with zero attached hydrogens (tertiary/aromatic N) is 3. The average Bonchev–Trinajstić information content (AvgIpc) is 3.16. The summed E-state index contributed by atoms with van der Waals surface area (Å²) in [6.07, 6.45) is 2.98. The van der Waals surface area contributed by atoms with Gasteiger partial charge in [0.1, 0.15) is 12.7 Å². The Morgan fingerprint density at radius 3 is 2.46 bits per heavy atom. The van der Waals surface area contributed by atoms with Crippen LogP contribution in [-0.2, 0) is 10.0 Å². The van der Waals surface area contributed by atoms with Gasteiger partial charge in [-0.15, -0.1) is 0 Å². The molecule has 0 saturated heterocycles. The molecule has 28 heavy (non-hydrogen) atoms. The van der Waals surface area contributed by atoms with Gasteiger partial charge in [-0.3, -0.25) is 4.79 Å². The second-order valence-corrected chi connectivity index (χ2v) is 8.38. The van der Waals surface area contributed by atoms with Crippen molar-refractivity contribution in [3.63, 3.8) is 0 Å². The van der Waals surface area contributed by atoms with Crippen molar-refractivity contribution < 1.29 is 13.2 Å². The van der Waals surface area contributed by atoms with Crippen LogP contribution < -0.4 is 10.0 Å². The Morgan fingerprint density at radius 2 is 1.86 bits per heavy atom. The van der Waals surface area contributed by atoms with E-state index in [1.54, 1.807) is 49.1 Å². The highest BCUT2D eigenvalue weighted by molar-refractivity contribution is 7.89. The Kier molecular flexibility index (Phi) is 5.78. The molecule has 0 spiro atoms. The number of anilines is 1. The maximum atomic E-state index is 12.6. The Morgan fingerprint density at radius 1 is 1.14 bits per heavy atom. The van der Waals surface area contributed by atoms with E-state index in [9.17, 15) is 13.2 Å². The van der Waals surface area contributed by atoms with E-state index >= 15 is 0 Å². The van der Waals surface area contributed by atoms with Gasteiger partial charge >= 0.3 is 0 Å². The first kappa shape index (κ1) is 20.0. The molecule has 1 amide bonds. The summed E-state index contributed by atoms with van der Waals surface area (Å²) in [7, 11) is -3.74. The number of benzene rings is 2. The maximum absolute atomic E-state index is 12.6. The Hall–Kier alpha value is -2.75. The Bertz CT molecular complexity index is 1080. The van der Waals surface area contributed by atoms with E-state index in [1.807, 2.05) is 0 Å². The number of hydrogen-bond donors (Lipinski definition) is 2. The zero-order valence-corrected chi connectivity index (χ0v) is 16.7. The van der Waals surface area contributed by atoms with Crippen LogP contribution in [0.4, 0.5) is 5.69 Å². The van der Waals surface area contributed by atoms with E-state index in [1.165, 1.54) is 24.5 Å². The molecule has 2 aromatic carbocycles. The molecular weight excluding hydrogens is 402 g/mol. The lowest BCUT2D eigenvalue weighted by atomic mass is 10.2. The molecule has 1 aromatic heterocycles. The third-order valence-corrected chi connectivity index (χ3v) is 5.68. The number of amides is 1. The van der Waals surface area contributed by atoms with Crippen molar-refractivity contribution in [2.45, 2.75) is 24.8 Å². The third kappa shape index (κ3) is 4.56. The van der Waals surface area contributed by atoms with Crippen molar-refractivity contribution in [1.29, 1.82) is 0 Å². The Labute approximate surface area is 167 Å². The van der Waals surface area contributed by atoms with Crippen LogP contribution in [0.5, 0.6) is 0 Å². The highest BCUT2D eigenvalue weighted by Crippen LogP contribution is 2.22. The fourth-order valence-electron chi connectivity index (χ4n) is 2.46. The normalized spacial score (nSPS) is 11.6. The van der Waals surface area contributed by atoms with E-state index in [0.717, 1.165) is 5.69 Å². The molecular formula is C18H18ClN5O3S. The monoisotopic (exact) mass is 419 g/mol. The van der Waals surface area contributed by atoms with E-state index in [-0.39, 0.29) is 21.5 Å². The minimum absolute atomic E-state index is 0.0303. The van der Waals surface area contributed by atoms with Crippen LogP contribution >= 0.6 is 11.6 Å². The molecule has 0 unspecified atom stereocenters. The number of carbonyl (C=O) groups is 1. The summed E-state index contributed by atoms with van der Waals surface area (Å²) in [4.78, 5) is 16.5. The smallest absolute Gasteiger partial charge is 0.257 e. The zero-order valence-electron chi connectivity index (χ0n) is 15.1. The molecule has 0 fully saturated rings. The van der Waals surface area contributed by atoms with Crippen molar-refractivity contribution in [1.82, 2.24) is 19.5 Å². The fourth-order valence-corrected chi connectivity index (χ4v) is 3.94. The molecule has 0 aliphatic heterocycles. The molecule has 146 valence electrons. The molecule has 2 N–H and O–H groups in total. The van der Waals surface area contributed by atoms with Gasteiger partial charge in [-0.1, -0.05) is 11.6 Å². The first-order valence-electron chi connectivity index (χ1n) is 8.34. The van der Waals surface area contributed by atoms with Crippen LogP contribution in [0.3, 0.4) is 0 Å². The van der Waals surface area contributed by atoms with Crippen LogP contribution in [0.25, 0.3) is 5.69 Å². The third-order valence-electron chi connectivity index (χ3n) is 3.69. The SMILES string of the molecule is CC(C)NS(=O)(=O)c1ccc(Cl)c(C(=O)Nc2ccc(-n3cncn3)cc2)c1. The topological polar surface area (TPSA) is 106 Å². The van der Waals surface area contributed by atoms with Gasteiger partial charge in [0, 0.05) is 11.7 Å². The molecule has 0 aliphatic rings. The second kappa shape index (κ2) is 8.09. The fraction of sp³-hybridized carbons (Fsp3) is 0.167. The molecule has 3 rings (SSSR count). The molecule has 0 atom stereocenters. The van der Waals surface area contributed by atoms with E-state index in [4.69, 9.17) is 11.6 Å². The van der Waals surface area contributed by atoms with Crippen LogP contribution in [0.1, 0.15) is 24.2 Å². The van der Waals surface area contributed by atoms with Gasteiger partial charge in [-0.05, 0) is 56.3 Å². The van der Waals surface area contributed by atoms with Crippen molar-refractivity contribution in [3.05, 3.63) is 65.7 Å². The summed E-state index contributed by atoms with van der Waals surface area (Å²) in [5.41, 5.74) is 1.37. The summed E-state index contributed by atoms with van der Waals surface area (Å²) in [6.45, 7) is 3.42. The van der Waals surface area contributed by atoms with Gasteiger partial charge in [0.2, 0.25) is 10.0 Å². The predicted molar refractivity (Wildman–Crippen MR) is 106 cm³/mol. The number of hydrogen-bond acceptors (Lipinski definition) is 5. The van der Waals surface area contributed by atoms with Crippen LogP contribution in [-0.4, -0.2) is 35.1 Å². The molecule has 8 nitrogen and oxygen atoms in total. The van der Waals surface area contributed by atoms with Crippen molar-refractivity contribution in [3.8, 4) is 5.69 Å². The number of sulfonamides is 1. The van der Waals surface area contributed by atoms with Gasteiger partial charge in [0.05, 0.1) is 21.2 Å². The minimum Gasteiger partial charge on any atom is -0.322 e. The zero-order chi connectivity index (χ0) is 20.3. The molecule has 1 heterocycles. The first-order valence-corrected chi connectivity index (χ1v) is 10.2. The number of carbonyl (C=O) groups excluding carboxylic acids is 1. The van der Waals surface area contributed by atoms with Crippen LogP contribution in [0.2, 0.25) is 5.02 Å². The van der Waals surface area contributed by atoms with Gasteiger partial charge in [0.15, 0.2) is 0 Å². The predicted octanol–water partition coefficient (Wildman–Crippen LogP) is 2.86. The number of aromatic nitrogens is 3. The molecule has 0 bridgehead atoms.